The van der Waals surface area contributed by atoms with Crippen molar-refractivity contribution in [2.24, 2.45) is 0 Å². The number of phenolic OH excluding ortho intramolecular Hbond substituents is 3. The summed E-state index contributed by atoms with van der Waals surface area (Å²) in [6.07, 6.45) is -0.917. The summed E-state index contributed by atoms with van der Waals surface area (Å²) in [5.41, 5.74) is 2.48. The fourth-order valence-electron chi connectivity index (χ4n) is 8.53. The standard InChI is InChI=1S/C37H46O9P2/c1-19-25(38)16-13-22(28(19)32(4,5)6)35(23-14-17-26(39)20(2)29(23)33(7,8)9)37(45-48(43-35)46-37)36(31-41-47(42-31)44-36)24-15-18-27(40)21(3)30(24)34(10,11)12/h13-18,31,38-40H,1-12H3. The van der Waals surface area contributed by atoms with Crippen LogP contribution in [0.5, 0.6) is 17.2 Å². The monoisotopic (exact) mass is 696 g/mol. The molecule has 0 radical (unpaired) electrons. The Kier molecular flexibility index (Phi) is 7.37. The molecule has 0 saturated carbocycles. The van der Waals surface area contributed by atoms with Gasteiger partial charge in [-0.25, -0.2) is 0 Å². The molecule has 9 rings (SSSR count). The maximum absolute atomic E-state index is 11.1. The molecular formula is C37H46O9P2. The minimum Gasteiger partial charge on any atom is -0.508 e. The van der Waals surface area contributed by atoms with E-state index in [0.29, 0.717) is 22.3 Å². The van der Waals surface area contributed by atoms with Crippen LogP contribution < -0.4 is 0 Å². The lowest BCUT2D eigenvalue weighted by Gasteiger charge is -2.53. The van der Waals surface area contributed by atoms with Gasteiger partial charge in [0.05, 0.1) is 0 Å². The number of rotatable bonds is 4. The maximum atomic E-state index is 11.1. The molecule has 0 aromatic heterocycles. The molecule has 3 aromatic rings. The lowest BCUT2D eigenvalue weighted by atomic mass is 9.61. The summed E-state index contributed by atoms with van der Waals surface area (Å²) >= 11 is 0. The Balaban J connectivity index is 1.68. The number of hydrogen-bond donors (Lipinski definition) is 3. The first-order valence-electron chi connectivity index (χ1n) is 16.3. The van der Waals surface area contributed by atoms with Gasteiger partial charge in [-0.3, -0.25) is 27.1 Å². The topological polar surface area (TPSA) is 116 Å². The fourth-order valence-corrected chi connectivity index (χ4v) is 11.4. The smallest absolute Gasteiger partial charge is 0.339 e. The van der Waals surface area contributed by atoms with Crippen LogP contribution in [0, 0.1) is 20.8 Å². The van der Waals surface area contributed by atoms with Gasteiger partial charge in [0.25, 0.3) is 5.79 Å². The first kappa shape index (κ1) is 34.1. The third kappa shape index (κ3) is 4.26. The average Bonchev–Trinajstić information content (AvgIpc) is 3.66. The van der Waals surface area contributed by atoms with Crippen molar-refractivity contribution >= 4 is 17.2 Å². The second kappa shape index (κ2) is 10.4. The molecule has 258 valence electrons. The van der Waals surface area contributed by atoms with Gasteiger partial charge in [-0.05, 0) is 105 Å². The molecule has 9 nitrogen and oxygen atoms in total. The zero-order chi connectivity index (χ0) is 35.1. The summed E-state index contributed by atoms with van der Waals surface area (Å²) in [7, 11) is -3.62. The van der Waals surface area contributed by atoms with E-state index in [1.165, 1.54) is 0 Å². The largest absolute Gasteiger partial charge is 0.508 e. The predicted octanol–water partition coefficient (Wildman–Crippen LogP) is 9.39. The first-order chi connectivity index (χ1) is 22.1. The van der Waals surface area contributed by atoms with Crippen LogP contribution in [-0.4, -0.2) is 27.4 Å². The number of hydrogen-bond acceptors (Lipinski definition) is 9. The molecule has 3 N–H and O–H groups in total. The van der Waals surface area contributed by atoms with Gasteiger partial charge >= 0.3 is 17.2 Å². The van der Waals surface area contributed by atoms with E-state index in [2.05, 4.69) is 62.3 Å². The third-order valence-corrected chi connectivity index (χ3v) is 12.6. The summed E-state index contributed by atoms with van der Waals surface area (Å²) in [6, 6.07) is 10.7. The van der Waals surface area contributed by atoms with Crippen LogP contribution in [0.1, 0.15) is 112 Å². The van der Waals surface area contributed by atoms with Crippen molar-refractivity contribution in [2.45, 2.75) is 123 Å². The molecule has 0 aliphatic carbocycles. The Morgan fingerprint density at radius 2 is 0.896 bits per heavy atom. The van der Waals surface area contributed by atoms with E-state index in [9.17, 15) is 15.3 Å². The van der Waals surface area contributed by atoms with E-state index in [4.69, 9.17) is 27.1 Å². The Bertz CT molecular complexity index is 1770. The van der Waals surface area contributed by atoms with Crippen molar-refractivity contribution in [2.75, 3.05) is 0 Å². The molecule has 3 aromatic carbocycles. The summed E-state index contributed by atoms with van der Waals surface area (Å²) in [6.45, 7) is 24.6. The first-order valence-corrected chi connectivity index (χ1v) is 18.5. The zero-order valence-corrected chi connectivity index (χ0v) is 31.5. The number of phenols is 3. The molecule has 48 heavy (non-hydrogen) atoms. The molecule has 1 unspecified atom stereocenters. The minimum atomic E-state index is -1.89. The van der Waals surface area contributed by atoms with Crippen molar-refractivity contribution in [3.63, 3.8) is 0 Å². The number of benzene rings is 3. The average molecular weight is 697 g/mol. The van der Waals surface area contributed by atoms with Crippen LogP contribution in [0.2, 0.25) is 0 Å². The SMILES string of the molecule is Cc1c(O)ccc(C2(c3ccc(O)c(C)c3C(C)(C)C)OP3OC2(C2(c4ccc(O)c(C)c4C(C)(C)C)OP4OC2O4)O3)c1C(C)(C)C. The van der Waals surface area contributed by atoms with E-state index in [1.807, 2.05) is 39.0 Å². The molecule has 0 amide bonds. The summed E-state index contributed by atoms with van der Waals surface area (Å²) < 4.78 is 40.6. The molecule has 11 heteroatoms. The van der Waals surface area contributed by atoms with E-state index in [0.717, 1.165) is 27.8 Å². The molecule has 6 fully saturated rings. The normalized spacial score (nSPS) is 29.1. The highest BCUT2D eigenvalue weighted by Crippen LogP contribution is 2.87. The zero-order valence-electron chi connectivity index (χ0n) is 29.7. The van der Waals surface area contributed by atoms with Crippen LogP contribution in [-0.2, 0) is 54.6 Å². The van der Waals surface area contributed by atoms with Crippen molar-refractivity contribution in [1.82, 2.24) is 0 Å². The summed E-state index contributed by atoms with van der Waals surface area (Å²) in [5, 5.41) is 33.3. The van der Waals surface area contributed by atoms with Crippen LogP contribution >= 0.6 is 17.2 Å². The summed E-state index contributed by atoms with van der Waals surface area (Å²) in [5.74, 6) is -1.22. The fraction of sp³-hybridized carbons (Fsp3) is 0.514. The molecule has 6 aliphatic heterocycles. The van der Waals surface area contributed by atoms with Gasteiger partial charge in [-0.1, -0.05) is 80.5 Å². The third-order valence-electron chi connectivity index (χ3n) is 10.2. The molecular weight excluding hydrogens is 650 g/mol. The Labute approximate surface area is 285 Å². The van der Waals surface area contributed by atoms with Crippen molar-refractivity contribution in [1.29, 1.82) is 0 Å². The quantitative estimate of drug-likeness (QED) is 0.230. The van der Waals surface area contributed by atoms with E-state index in [-0.39, 0.29) is 17.2 Å². The Morgan fingerprint density at radius 3 is 1.25 bits per heavy atom. The van der Waals surface area contributed by atoms with Gasteiger partial charge in [-0.2, -0.15) is 0 Å². The second-order valence-electron chi connectivity index (χ2n) is 16.5. The number of aromatic hydroxyl groups is 3. The van der Waals surface area contributed by atoms with Crippen LogP contribution in [0.4, 0.5) is 0 Å². The number of fused-ring (bicyclic) bond motifs is 2. The van der Waals surface area contributed by atoms with Crippen molar-refractivity contribution in [3.05, 3.63) is 86.5 Å². The van der Waals surface area contributed by atoms with Gasteiger partial charge < -0.3 is 15.3 Å². The Morgan fingerprint density at radius 1 is 0.521 bits per heavy atom. The highest BCUT2D eigenvalue weighted by Gasteiger charge is 2.90. The molecule has 4 bridgehead atoms. The van der Waals surface area contributed by atoms with Crippen LogP contribution in [0.3, 0.4) is 0 Å². The minimum absolute atomic E-state index is 0.161. The highest BCUT2D eigenvalue weighted by atomic mass is 31.2. The maximum Gasteiger partial charge on any atom is 0.339 e. The van der Waals surface area contributed by atoms with E-state index in [1.54, 1.807) is 18.2 Å². The molecule has 6 heterocycles. The molecule has 1 atom stereocenters. The predicted molar refractivity (Wildman–Crippen MR) is 184 cm³/mol. The lowest BCUT2D eigenvalue weighted by molar-refractivity contribution is -0.315. The van der Waals surface area contributed by atoms with Gasteiger partial charge in [0.1, 0.15) is 17.2 Å². The van der Waals surface area contributed by atoms with Crippen LogP contribution in [0.25, 0.3) is 0 Å². The summed E-state index contributed by atoms with van der Waals surface area (Å²) in [4.78, 5) is 0. The van der Waals surface area contributed by atoms with E-state index >= 15 is 0 Å². The molecule has 0 spiro atoms. The molecule has 6 saturated heterocycles. The second-order valence-corrected chi connectivity index (χ2v) is 18.6. The van der Waals surface area contributed by atoms with Gasteiger partial charge in [0.2, 0.25) is 11.9 Å². The van der Waals surface area contributed by atoms with Crippen molar-refractivity contribution in [3.8, 4) is 17.2 Å². The van der Waals surface area contributed by atoms with E-state index < -0.39 is 56.7 Å². The Hall–Kier alpha value is -2.32. The van der Waals surface area contributed by atoms with Crippen molar-refractivity contribution < 1.29 is 42.5 Å². The highest BCUT2D eigenvalue weighted by molar-refractivity contribution is 7.44. The van der Waals surface area contributed by atoms with Crippen LogP contribution in [0.15, 0.2) is 36.4 Å². The van der Waals surface area contributed by atoms with Gasteiger partial charge in [0.15, 0.2) is 5.60 Å². The van der Waals surface area contributed by atoms with Gasteiger partial charge in [-0.15, -0.1) is 0 Å². The van der Waals surface area contributed by atoms with Gasteiger partial charge in [0, 0.05) is 0 Å². The molecule has 6 aliphatic rings. The lowest BCUT2D eigenvalue weighted by Crippen LogP contribution is -2.69.